The van der Waals surface area contributed by atoms with E-state index in [9.17, 15) is 13.6 Å². The first-order valence-electron chi connectivity index (χ1n) is 8.15. The second-order valence-electron chi connectivity index (χ2n) is 5.65. The molecule has 0 saturated heterocycles. The predicted octanol–water partition coefficient (Wildman–Crippen LogP) is 2.36. The van der Waals surface area contributed by atoms with Crippen molar-refractivity contribution < 1.29 is 13.6 Å². The standard InChI is InChI=1S/C18H16F2N6OS/c1-26-13(7-2-3-8-21)12(9-23-26)24-17(27)15-16(22)28-18(25-15)14-10(19)5-4-6-11(14)20/h4-6,9H,3,8,21-22H2,1H3,(H,24,27). The van der Waals surface area contributed by atoms with Gasteiger partial charge >= 0.3 is 0 Å². The van der Waals surface area contributed by atoms with Crippen LogP contribution in [0.1, 0.15) is 22.6 Å². The first-order chi connectivity index (χ1) is 13.4. The minimum atomic E-state index is -0.787. The minimum Gasteiger partial charge on any atom is -0.389 e. The molecule has 0 unspecified atom stereocenters. The smallest absolute Gasteiger partial charge is 0.277 e. The topological polar surface area (TPSA) is 112 Å². The molecule has 0 aliphatic rings. The molecule has 0 atom stereocenters. The highest BCUT2D eigenvalue weighted by molar-refractivity contribution is 7.19. The molecule has 3 aromatic rings. The number of hydrogen-bond donors (Lipinski definition) is 3. The second kappa shape index (κ2) is 8.16. The predicted molar refractivity (Wildman–Crippen MR) is 104 cm³/mol. The Hall–Kier alpha value is -3.29. The van der Waals surface area contributed by atoms with Crippen LogP contribution < -0.4 is 16.8 Å². The molecule has 1 aromatic carbocycles. The van der Waals surface area contributed by atoms with Crippen molar-refractivity contribution >= 4 is 27.9 Å². The lowest BCUT2D eigenvalue weighted by Crippen LogP contribution is -2.14. The van der Waals surface area contributed by atoms with Gasteiger partial charge < -0.3 is 16.8 Å². The third-order valence-electron chi connectivity index (χ3n) is 3.71. The van der Waals surface area contributed by atoms with E-state index >= 15 is 0 Å². The largest absolute Gasteiger partial charge is 0.389 e. The van der Waals surface area contributed by atoms with E-state index in [1.165, 1.54) is 16.9 Å². The van der Waals surface area contributed by atoms with Gasteiger partial charge in [0.15, 0.2) is 5.69 Å². The average molecular weight is 402 g/mol. The zero-order valence-electron chi connectivity index (χ0n) is 14.8. The highest BCUT2D eigenvalue weighted by atomic mass is 32.1. The molecule has 0 aliphatic carbocycles. The Balaban J connectivity index is 1.90. The molecule has 5 N–H and O–H groups in total. The molecule has 0 radical (unpaired) electrons. The Morgan fingerprint density at radius 3 is 2.75 bits per heavy atom. The van der Waals surface area contributed by atoms with Gasteiger partial charge in [0.05, 0.1) is 17.4 Å². The van der Waals surface area contributed by atoms with Gasteiger partial charge in [-0.05, 0) is 18.1 Å². The average Bonchev–Trinajstić information content (AvgIpc) is 3.19. The SMILES string of the molecule is Cn1ncc(NC(=O)c2nc(-c3c(F)cccc3F)sc2N)c1C#CCCN. The lowest BCUT2D eigenvalue weighted by atomic mass is 10.2. The van der Waals surface area contributed by atoms with Crippen molar-refractivity contribution in [3.8, 4) is 22.4 Å². The molecule has 0 aliphatic heterocycles. The molecule has 0 fully saturated rings. The normalized spacial score (nSPS) is 10.4. The van der Waals surface area contributed by atoms with Gasteiger partial charge in [0.1, 0.15) is 27.3 Å². The molecule has 10 heteroatoms. The summed E-state index contributed by atoms with van der Waals surface area (Å²) >= 11 is 0.824. The lowest BCUT2D eigenvalue weighted by Gasteiger charge is -2.03. The Morgan fingerprint density at radius 1 is 1.36 bits per heavy atom. The number of amides is 1. The van der Waals surface area contributed by atoms with Crippen molar-refractivity contribution in [2.45, 2.75) is 6.42 Å². The summed E-state index contributed by atoms with van der Waals surface area (Å²) in [4.78, 5) is 16.6. The molecular formula is C18H16F2N6OS. The fourth-order valence-corrected chi connectivity index (χ4v) is 3.26. The van der Waals surface area contributed by atoms with Crippen LogP contribution in [-0.2, 0) is 7.05 Å². The van der Waals surface area contributed by atoms with Gasteiger partial charge in [-0.15, -0.1) is 0 Å². The van der Waals surface area contributed by atoms with Crippen LogP contribution in [0.4, 0.5) is 19.5 Å². The van der Waals surface area contributed by atoms with E-state index in [2.05, 4.69) is 27.2 Å². The van der Waals surface area contributed by atoms with Crippen molar-refractivity contribution in [2.75, 3.05) is 17.6 Å². The number of benzene rings is 1. The summed E-state index contributed by atoms with van der Waals surface area (Å²) in [5, 5.41) is 6.71. The number of aromatic nitrogens is 3. The third-order valence-corrected chi connectivity index (χ3v) is 4.61. The van der Waals surface area contributed by atoms with Crippen molar-refractivity contribution in [1.29, 1.82) is 0 Å². The first kappa shape index (κ1) is 19.5. The summed E-state index contributed by atoms with van der Waals surface area (Å²) in [5.41, 5.74) is 11.7. The minimum absolute atomic E-state index is 0.0209. The maximum atomic E-state index is 14.0. The summed E-state index contributed by atoms with van der Waals surface area (Å²) in [7, 11) is 1.68. The van der Waals surface area contributed by atoms with E-state index in [1.54, 1.807) is 7.05 Å². The number of nitrogen functional groups attached to an aromatic ring is 1. The van der Waals surface area contributed by atoms with Crippen LogP contribution in [0.2, 0.25) is 0 Å². The van der Waals surface area contributed by atoms with Crippen LogP contribution in [0.3, 0.4) is 0 Å². The number of aryl methyl sites for hydroxylation is 1. The van der Waals surface area contributed by atoms with Crippen LogP contribution in [0.15, 0.2) is 24.4 Å². The van der Waals surface area contributed by atoms with Gasteiger partial charge in [-0.25, -0.2) is 13.8 Å². The highest BCUT2D eigenvalue weighted by Gasteiger charge is 2.22. The van der Waals surface area contributed by atoms with E-state index in [1.807, 2.05) is 0 Å². The number of thiazole rings is 1. The summed E-state index contributed by atoms with van der Waals surface area (Å²) in [6.07, 6.45) is 1.93. The number of hydrogen-bond acceptors (Lipinski definition) is 6. The number of halogens is 2. The van der Waals surface area contributed by atoms with Gasteiger partial charge in [0.25, 0.3) is 5.91 Å². The van der Waals surface area contributed by atoms with E-state index in [0.29, 0.717) is 24.3 Å². The summed E-state index contributed by atoms with van der Waals surface area (Å²) < 4.78 is 29.5. The molecule has 2 aromatic heterocycles. The number of carbonyl (C=O) groups excluding carboxylic acids is 1. The van der Waals surface area contributed by atoms with E-state index in [-0.39, 0.29) is 21.3 Å². The second-order valence-corrected chi connectivity index (χ2v) is 6.68. The molecule has 0 spiro atoms. The molecule has 1 amide bonds. The Morgan fingerprint density at radius 2 is 2.07 bits per heavy atom. The first-order valence-corrected chi connectivity index (χ1v) is 8.97. The molecule has 7 nitrogen and oxygen atoms in total. The molecular weight excluding hydrogens is 386 g/mol. The molecule has 2 heterocycles. The highest BCUT2D eigenvalue weighted by Crippen LogP contribution is 2.33. The van der Waals surface area contributed by atoms with Gasteiger partial charge in [0.2, 0.25) is 0 Å². The third kappa shape index (κ3) is 3.85. The number of rotatable bonds is 4. The van der Waals surface area contributed by atoms with Crippen molar-refractivity contribution in [1.82, 2.24) is 14.8 Å². The molecule has 3 rings (SSSR count). The summed E-state index contributed by atoms with van der Waals surface area (Å²) in [6.45, 7) is 0.414. The van der Waals surface area contributed by atoms with Crippen LogP contribution in [0.25, 0.3) is 10.6 Å². The van der Waals surface area contributed by atoms with Gasteiger partial charge in [0, 0.05) is 20.0 Å². The fraction of sp³-hybridized carbons (Fsp3) is 0.167. The van der Waals surface area contributed by atoms with Crippen molar-refractivity contribution in [2.24, 2.45) is 12.8 Å². The van der Waals surface area contributed by atoms with Crippen LogP contribution >= 0.6 is 11.3 Å². The van der Waals surface area contributed by atoms with Crippen molar-refractivity contribution in [3.63, 3.8) is 0 Å². The maximum Gasteiger partial charge on any atom is 0.277 e. The Kier molecular flexibility index (Phi) is 5.67. The fourth-order valence-electron chi connectivity index (χ4n) is 2.38. The van der Waals surface area contributed by atoms with E-state index < -0.39 is 17.5 Å². The van der Waals surface area contributed by atoms with Gasteiger partial charge in [-0.1, -0.05) is 23.3 Å². The summed E-state index contributed by atoms with van der Waals surface area (Å²) in [6, 6.07) is 3.46. The number of carbonyl (C=O) groups is 1. The van der Waals surface area contributed by atoms with Crippen molar-refractivity contribution in [3.05, 3.63) is 47.4 Å². The van der Waals surface area contributed by atoms with Crippen LogP contribution in [0, 0.1) is 23.5 Å². The Bertz CT molecular complexity index is 1080. The van der Waals surface area contributed by atoms with Crippen LogP contribution in [-0.4, -0.2) is 27.2 Å². The number of nitrogens with two attached hydrogens (primary N) is 2. The van der Waals surface area contributed by atoms with E-state index in [0.717, 1.165) is 23.5 Å². The maximum absolute atomic E-state index is 14.0. The Labute approximate surface area is 163 Å². The number of nitrogens with zero attached hydrogens (tertiary/aromatic N) is 3. The summed E-state index contributed by atoms with van der Waals surface area (Å²) in [5.74, 6) is 3.55. The number of anilines is 2. The van der Waals surface area contributed by atoms with Crippen LogP contribution in [0.5, 0.6) is 0 Å². The molecule has 144 valence electrons. The van der Waals surface area contributed by atoms with Gasteiger partial charge in [-0.2, -0.15) is 5.10 Å². The molecule has 0 saturated carbocycles. The molecule has 0 bridgehead atoms. The van der Waals surface area contributed by atoms with E-state index in [4.69, 9.17) is 11.5 Å². The molecule has 28 heavy (non-hydrogen) atoms. The monoisotopic (exact) mass is 402 g/mol. The lowest BCUT2D eigenvalue weighted by molar-refractivity contribution is 0.102. The zero-order chi connectivity index (χ0) is 20.3. The number of nitrogens with one attached hydrogen (secondary N) is 1. The zero-order valence-corrected chi connectivity index (χ0v) is 15.6. The quantitative estimate of drug-likeness (QED) is 0.580. The van der Waals surface area contributed by atoms with Gasteiger partial charge in [-0.3, -0.25) is 9.48 Å².